The highest BCUT2D eigenvalue weighted by Crippen LogP contribution is 2.23. The Labute approximate surface area is 141 Å². The molecule has 0 amide bonds. The van der Waals surface area contributed by atoms with E-state index in [-0.39, 0.29) is 10.8 Å². The van der Waals surface area contributed by atoms with Gasteiger partial charge in [-0.05, 0) is 50.5 Å². The molecule has 0 radical (unpaired) electrons. The fourth-order valence-corrected chi connectivity index (χ4v) is 3.05. The monoisotopic (exact) mass is 331 g/mol. The fraction of sp³-hybridized carbons (Fsp3) is 0.368. The fourth-order valence-electron chi connectivity index (χ4n) is 2.22. The molecule has 0 bridgehead atoms. The Bertz CT molecular complexity index is 633. The first-order chi connectivity index (χ1) is 10.9. The second-order valence-electron chi connectivity index (χ2n) is 6.51. The highest BCUT2D eigenvalue weighted by Gasteiger charge is 2.23. The topological polar surface area (TPSA) is 38.3 Å². The summed E-state index contributed by atoms with van der Waals surface area (Å²) in [6.45, 7) is 5.93. The van der Waals surface area contributed by atoms with E-state index < -0.39 is 11.0 Å². The van der Waals surface area contributed by atoms with E-state index in [1.54, 1.807) is 7.11 Å². The molecule has 0 saturated carbocycles. The number of rotatable bonds is 6. The maximum atomic E-state index is 12.5. The zero-order chi connectivity index (χ0) is 16.9. The van der Waals surface area contributed by atoms with Gasteiger partial charge in [-0.25, -0.2) is 8.93 Å². The first-order valence-electron chi connectivity index (χ1n) is 7.76. The Morgan fingerprint density at radius 1 is 1.04 bits per heavy atom. The second kappa shape index (κ2) is 7.75. The lowest BCUT2D eigenvalue weighted by molar-refractivity contribution is 0.414. The summed E-state index contributed by atoms with van der Waals surface area (Å²) in [5.74, 6) is 0.823. The largest absolute Gasteiger partial charge is 0.497 e. The van der Waals surface area contributed by atoms with Gasteiger partial charge in [0.05, 0.1) is 22.8 Å². The summed E-state index contributed by atoms with van der Waals surface area (Å²) in [7, 11) is 0.526. The predicted octanol–water partition coefficient (Wildman–Crippen LogP) is 4.03. The number of hydrogen-bond acceptors (Lipinski definition) is 2. The van der Waals surface area contributed by atoms with Crippen LogP contribution in [0.5, 0.6) is 5.75 Å². The van der Waals surface area contributed by atoms with Crippen molar-refractivity contribution in [1.82, 2.24) is 4.72 Å². The van der Waals surface area contributed by atoms with Gasteiger partial charge in [0, 0.05) is 6.04 Å². The molecule has 0 heterocycles. The van der Waals surface area contributed by atoms with Gasteiger partial charge in [-0.2, -0.15) is 0 Å². The lowest BCUT2D eigenvalue weighted by atomic mass is 10.00. The molecule has 4 heteroatoms. The molecule has 124 valence electrons. The van der Waals surface area contributed by atoms with Crippen LogP contribution in [0, 0.1) is 0 Å². The lowest BCUT2D eigenvalue weighted by Crippen LogP contribution is -2.36. The molecule has 0 aliphatic rings. The molecule has 23 heavy (non-hydrogen) atoms. The Kier molecular flexibility index (Phi) is 5.97. The molecule has 3 nitrogen and oxygen atoms in total. The Morgan fingerprint density at radius 2 is 1.65 bits per heavy atom. The van der Waals surface area contributed by atoms with E-state index in [0.29, 0.717) is 0 Å². The van der Waals surface area contributed by atoms with Gasteiger partial charge in [-0.1, -0.05) is 42.5 Å². The van der Waals surface area contributed by atoms with Crippen LogP contribution >= 0.6 is 0 Å². The van der Waals surface area contributed by atoms with Crippen molar-refractivity contribution >= 4 is 11.0 Å². The third kappa shape index (κ3) is 5.19. The SMILES string of the molecule is COc1ccc([C@@H](Cc2ccccc2)NS(=O)C(C)(C)C)cc1. The van der Waals surface area contributed by atoms with E-state index in [2.05, 4.69) is 16.9 Å². The average Bonchev–Trinajstić information content (AvgIpc) is 2.54. The summed E-state index contributed by atoms with van der Waals surface area (Å²) in [5, 5.41) is 0. The lowest BCUT2D eigenvalue weighted by Gasteiger charge is -2.25. The minimum Gasteiger partial charge on any atom is -0.497 e. The zero-order valence-electron chi connectivity index (χ0n) is 14.2. The molecule has 1 N–H and O–H groups in total. The van der Waals surface area contributed by atoms with Gasteiger partial charge in [-0.3, -0.25) is 0 Å². The molecule has 2 aromatic rings. The smallest absolute Gasteiger partial charge is 0.118 e. The van der Waals surface area contributed by atoms with E-state index in [1.165, 1.54) is 5.56 Å². The molecule has 0 fully saturated rings. The van der Waals surface area contributed by atoms with Crippen molar-refractivity contribution in [3.05, 3.63) is 65.7 Å². The van der Waals surface area contributed by atoms with Gasteiger partial charge in [0.1, 0.15) is 5.75 Å². The van der Waals surface area contributed by atoms with Gasteiger partial charge in [0.25, 0.3) is 0 Å². The molecule has 0 spiro atoms. The Balaban J connectivity index is 2.24. The first kappa shape index (κ1) is 17.7. The van der Waals surface area contributed by atoms with Gasteiger partial charge < -0.3 is 4.74 Å². The van der Waals surface area contributed by atoms with Crippen LogP contribution in [0.15, 0.2) is 54.6 Å². The van der Waals surface area contributed by atoms with Gasteiger partial charge in [-0.15, -0.1) is 0 Å². The molecule has 0 aromatic heterocycles. The van der Waals surface area contributed by atoms with Crippen molar-refractivity contribution in [2.75, 3.05) is 7.11 Å². The van der Waals surface area contributed by atoms with Gasteiger partial charge >= 0.3 is 0 Å². The van der Waals surface area contributed by atoms with Crippen molar-refractivity contribution < 1.29 is 8.95 Å². The number of ether oxygens (including phenoxy) is 1. The average molecular weight is 331 g/mol. The molecule has 0 saturated heterocycles. The van der Waals surface area contributed by atoms with Crippen molar-refractivity contribution in [2.45, 2.75) is 38.0 Å². The van der Waals surface area contributed by atoms with Crippen LogP contribution in [0.25, 0.3) is 0 Å². The number of benzene rings is 2. The van der Waals surface area contributed by atoms with Crippen molar-refractivity contribution in [1.29, 1.82) is 0 Å². The highest BCUT2D eigenvalue weighted by molar-refractivity contribution is 7.84. The molecule has 0 aliphatic heterocycles. The molecule has 0 aliphatic carbocycles. The van der Waals surface area contributed by atoms with Crippen LogP contribution in [0.3, 0.4) is 0 Å². The van der Waals surface area contributed by atoms with Crippen LogP contribution in [-0.4, -0.2) is 16.1 Å². The second-order valence-corrected chi connectivity index (χ2v) is 8.51. The van der Waals surface area contributed by atoms with E-state index in [4.69, 9.17) is 4.74 Å². The van der Waals surface area contributed by atoms with Crippen molar-refractivity contribution in [2.24, 2.45) is 0 Å². The minimum atomic E-state index is -1.13. The molecule has 2 atom stereocenters. The molecule has 2 rings (SSSR count). The van der Waals surface area contributed by atoms with E-state index in [1.807, 2.05) is 63.2 Å². The highest BCUT2D eigenvalue weighted by atomic mass is 32.2. The number of nitrogens with one attached hydrogen (secondary N) is 1. The quantitative estimate of drug-likeness (QED) is 0.868. The zero-order valence-corrected chi connectivity index (χ0v) is 15.0. The van der Waals surface area contributed by atoms with Gasteiger partial charge in [0.15, 0.2) is 0 Å². The van der Waals surface area contributed by atoms with Crippen LogP contribution in [0.4, 0.5) is 0 Å². The molecular weight excluding hydrogens is 306 g/mol. The van der Waals surface area contributed by atoms with Crippen LogP contribution < -0.4 is 9.46 Å². The summed E-state index contributed by atoms with van der Waals surface area (Å²) in [6, 6.07) is 18.2. The standard InChI is InChI=1S/C19H25NO2S/c1-19(2,3)23(21)20-18(14-15-8-6-5-7-9-15)16-10-12-17(22-4)13-11-16/h5-13,18,20H,14H2,1-4H3/t18-,23?/m1/s1. The minimum absolute atomic E-state index is 0.0108. The predicted molar refractivity (Wildman–Crippen MR) is 96.9 cm³/mol. The maximum Gasteiger partial charge on any atom is 0.118 e. The summed E-state index contributed by atoms with van der Waals surface area (Å²) in [6.07, 6.45) is 0.787. The number of hydrogen-bond donors (Lipinski definition) is 1. The van der Waals surface area contributed by atoms with Crippen molar-refractivity contribution in [3.63, 3.8) is 0 Å². The summed E-state index contributed by atoms with van der Waals surface area (Å²) >= 11 is 0. The van der Waals surface area contributed by atoms with Crippen LogP contribution in [0.1, 0.15) is 37.9 Å². The first-order valence-corrected chi connectivity index (χ1v) is 8.91. The summed E-state index contributed by atoms with van der Waals surface area (Å²) in [4.78, 5) is 0. The molecule has 1 unspecified atom stereocenters. The third-order valence-electron chi connectivity index (χ3n) is 3.61. The molecular formula is C19H25NO2S. The van der Waals surface area contributed by atoms with E-state index >= 15 is 0 Å². The summed E-state index contributed by atoms with van der Waals surface area (Å²) in [5.41, 5.74) is 2.32. The normalized spacial score (nSPS) is 14.3. The van der Waals surface area contributed by atoms with Crippen LogP contribution in [-0.2, 0) is 17.4 Å². The molecule has 2 aromatic carbocycles. The third-order valence-corrected chi connectivity index (χ3v) is 5.22. The Morgan fingerprint density at radius 3 is 2.17 bits per heavy atom. The number of methoxy groups -OCH3 is 1. The van der Waals surface area contributed by atoms with Gasteiger partial charge in [0.2, 0.25) is 0 Å². The van der Waals surface area contributed by atoms with E-state index in [9.17, 15) is 4.21 Å². The Hall–Kier alpha value is -1.65. The van der Waals surface area contributed by atoms with Crippen LogP contribution in [0.2, 0.25) is 0 Å². The van der Waals surface area contributed by atoms with Crippen molar-refractivity contribution in [3.8, 4) is 5.75 Å². The summed E-state index contributed by atoms with van der Waals surface area (Å²) < 4.78 is 20.7. The van der Waals surface area contributed by atoms with E-state index in [0.717, 1.165) is 17.7 Å². The maximum absolute atomic E-state index is 12.5.